The number of ether oxygens (including phenoxy) is 1. The molecule has 0 fully saturated rings. The molecule has 3 rings (SSSR count). The molecule has 3 aromatic rings. The van der Waals surface area contributed by atoms with Crippen LogP contribution in [-0.4, -0.2) is 16.1 Å². The van der Waals surface area contributed by atoms with Crippen molar-refractivity contribution >= 4 is 35.0 Å². The van der Waals surface area contributed by atoms with Gasteiger partial charge in [-0.3, -0.25) is 0 Å². The number of carboxylic acid groups (broad SMARTS) is 1. The van der Waals surface area contributed by atoms with Crippen LogP contribution in [0, 0.1) is 0 Å². The van der Waals surface area contributed by atoms with Gasteiger partial charge in [0.15, 0.2) is 11.6 Å². The van der Waals surface area contributed by atoms with Crippen molar-refractivity contribution in [3.8, 4) is 17.0 Å². The lowest BCUT2D eigenvalue weighted by Gasteiger charge is -2.12. The summed E-state index contributed by atoms with van der Waals surface area (Å²) in [6.45, 7) is 0.151. The van der Waals surface area contributed by atoms with Crippen LogP contribution in [0.5, 0.6) is 5.75 Å². The number of nitrogen functional groups attached to an aromatic ring is 1. The lowest BCUT2D eigenvalue weighted by atomic mass is 10.1. The van der Waals surface area contributed by atoms with Gasteiger partial charge in [-0.15, -0.1) is 0 Å². The van der Waals surface area contributed by atoms with Crippen LogP contribution in [0.3, 0.4) is 0 Å². The molecule has 0 atom stereocenters. The number of carboxylic acids is 1. The van der Waals surface area contributed by atoms with Crippen LogP contribution >= 0.6 is 23.2 Å². The Kier molecular flexibility index (Phi) is 5.30. The summed E-state index contributed by atoms with van der Waals surface area (Å²) in [7, 11) is 0. The first-order valence-electron chi connectivity index (χ1n) is 7.61. The Morgan fingerprint density at radius 1 is 1.08 bits per heavy atom. The first-order valence-corrected chi connectivity index (χ1v) is 8.37. The predicted octanol–water partition coefficient (Wildman–Crippen LogP) is 4.91. The molecule has 1 heterocycles. The van der Waals surface area contributed by atoms with Gasteiger partial charge in [0.2, 0.25) is 0 Å². The molecule has 0 unspecified atom stereocenters. The number of nitrogens with zero attached hydrogens (tertiary/aromatic N) is 1. The van der Waals surface area contributed by atoms with Gasteiger partial charge in [0.05, 0.1) is 11.3 Å². The van der Waals surface area contributed by atoms with Crippen LogP contribution < -0.4 is 10.5 Å². The van der Waals surface area contributed by atoms with Crippen LogP contribution in [0.1, 0.15) is 15.9 Å². The topological polar surface area (TPSA) is 85.4 Å². The van der Waals surface area contributed by atoms with Crippen molar-refractivity contribution in [1.29, 1.82) is 0 Å². The number of pyridine rings is 1. The van der Waals surface area contributed by atoms with Crippen molar-refractivity contribution < 1.29 is 14.6 Å². The fourth-order valence-corrected chi connectivity index (χ4v) is 2.88. The van der Waals surface area contributed by atoms with Crippen molar-refractivity contribution in [2.45, 2.75) is 6.61 Å². The van der Waals surface area contributed by atoms with Gasteiger partial charge in [-0.05, 0) is 36.4 Å². The zero-order valence-corrected chi connectivity index (χ0v) is 15.0. The van der Waals surface area contributed by atoms with E-state index in [-0.39, 0.29) is 18.0 Å². The fraction of sp³-hybridized carbons (Fsp3) is 0.0526. The molecular formula is C19H14Cl2N2O3. The molecule has 5 nitrogen and oxygen atoms in total. The van der Waals surface area contributed by atoms with Gasteiger partial charge in [-0.1, -0.05) is 41.4 Å². The number of hydrogen-bond donors (Lipinski definition) is 2. The Labute approximate surface area is 160 Å². The molecule has 0 bridgehead atoms. The second-order valence-electron chi connectivity index (χ2n) is 5.45. The Balaban J connectivity index is 1.82. The summed E-state index contributed by atoms with van der Waals surface area (Å²) in [6.07, 6.45) is 0. The third-order valence-electron chi connectivity index (χ3n) is 3.72. The maximum Gasteiger partial charge on any atom is 0.335 e. The van der Waals surface area contributed by atoms with Crippen LogP contribution in [0.25, 0.3) is 11.3 Å². The predicted molar refractivity (Wildman–Crippen MR) is 102 cm³/mol. The average molecular weight is 389 g/mol. The molecule has 1 aromatic heterocycles. The highest BCUT2D eigenvalue weighted by molar-refractivity contribution is 6.35. The highest BCUT2D eigenvalue weighted by Gasteiger charge is 2.11. The summed E-state index contributed by atoms with van der Waals surface area (Å²) in [5.74, 6) is -0.429. The van der Waals surface area contributed by atoms with Gasteiger partial charge in [-0.25, -0.2) is 9.78 Å². The quantitative estimate of drug-likeness (QED) is 0.647. The standard InChI is InChI=1S/C19H14Cl2N2O3/c20-14-5-2-6-15(21)13(14)10-26-17-8-7-16(23-18(17)22)11-3-1-4-12(9-11)19(24)25/h1-9H,10H2,(H2,22,23)(H,24,25). The van der Waals surface area contributed by atoms with E-state index < -0.39 is 5.97 Å². The molecule has 0 radical (unpaired) electrons. The van der Waals surface area contributed by atoms with E-state index in [1.807, 2.05) is 0 Å². The third-order valence-corrected chi connectivity index (χ3v) is 4.43. The molecule has 7 heteroatoms. The fourth-order valence-electron chi connectivity index (χ4n) is 2.38. The van der Waals surface area contributed by atoms with Crippen LogP contribution in [0.15, 0.2) is 54.6 Å². The van der Waals surface area contributed by atoms with Crippen LogP contribution in [0.2, 0.25) is 10.0 Å². The van der Waals surface area contributed by atoms with Crippen molar-refractivity contribution in [3.63, 3.8) is 0 Å². The summed E-state index contributed by atoms with van der Waals surface area (Å²) < 4.78 is 5.69. The molecule has 0 aliphatic rings. The molecule has 0 aliphatic heterocycles. The first-order chi connectivity index (χ1) is 12.5. The average Bonchev–Trinajstić information content (AvgIpc) is 2.62. The second kappa shape index (κ2) is 7.64. The lowest BCUT2D eigenvalue weighted by molar-refractivity contribution is 0.0697. The molecule has 26 heavy (non-hydrogen) atoms. The number of nitrogens with two attached hydrogens (primary N) is 1. The zero-order valence-electron chi connectivity index (χ0n) is 13.4. The SMILES string of the molecule is Nc1nc(-c2cccc(C(=O)O)c2)ccc1OCc1c(Cl)cccc1Cl. The molecule has 0 saturated carbocycles. The minimum atomic E-state index is -1.00. The largest absolute Gasteiger partial charge is 0.485 e. The maximum absolute atomic E-state index is 11.1. The van der Waals surface area contributed by atoms with Crippen LogP contribution in [-0.2, 0) is 6.61 Å². The Hall–Kier alpha value is -2.76. The molecule has 0 amide bonds. The first kappa shape index (κ1) is 18.0. The number of aromatic nitrogens is 1. The number of carbonyl (C=O) groups is 1. The van der Waals surface area contributed by atoms with Gasteiger partial charge in [-0.2, -0.15) is 0 Å². The van der Waals surface area contributed by atoms with Gasteiger partial charge >= 0.3 is 5.97 Å². The molecular weight excluding hydrogens is 375 g/mol. The van der Waals surface area contributed by atoms with E-state index in [1.54, 1.807) is 42.5 Å². The van der Waals surface area contributed by atoms with E-state index in [0.717, 1.165) is 0 Å². The third kappa shape index (κ3) is 3.90. The van der Waals surface area contributed by atoms with E-state index in [9.17, 15) is 4.79 Å². The molecule has 0 aliphatic carbocycles. The Bertz CT molecular complexity index is 956. The van der Waals surface area contributed by atoms with Crippen molar-refractivity contribution in [1.82, 2.24) is 4.98 Å². The van der Waals surface area contributed by atoms with E-state index in [4.69, 9.17) is 38.8 Å². The summed E-state index contributed by atoms with van der Waals surface area (Å²) in [4.78, 5) is 15.4. The summed E-state index contributed by atoms with van der Waals surface area (Å²) in [6, 6.07) is 15.1. The minimum absolute atomic E-state index is 0.151. The van der Waals surface area contributed by atoms with Gasteiger partial charge in [0, 0.05) is 21.2 Å². The lowest BCUT2D eigenvalue weighted by Crippen LogP contribution is -2.02. The molecule has 0 spiro atoms. The highest BCUT2D eigenvalue weighted by Crippen LogP contribution is 2.29. The number of anilines is 1. The summed E-state index contributed by atoms with van der Waals surface area (Å²) in [5.41, 5.74) is 8.02. The Morgan fingerprint density at radius 3 is 2.42 bits per heavy atom. The maximum atomic E-state index is 11.1. The van der Waals surface area contributed by atoms with E-state index in [1.165, 1.54) is 12.1 Å². The van der Waals surface area contributed by atoms with E-state index >= 15 is 0 Å². The van der Waals surface area contributed by atoms with Gasteiger partial charge in [0.1, 0.15) is 6.61 Å². The van der Waals surface area contributed by atoms with E-state index in [2.05, 4.69) is 4.98 Å². The second-order valence-corrected chi connectivity index (χ2v) is 6.27. The number of rotatable bonds is 5. The monoisotopic (exact) mass is 388 g/mol. The zero-order chi connectivity index (χ0) is 18.7. The number of benzene rings is 2. The minimum Gasteiger partial charge on any atom is -0.485 e. The van der Waals surface area contributed by atoms with Gasteiger partial charge in [0.25, 0.3) is 0 Å². The van der Waals surface area contributed by atoms with Crippen molar-refractivity contribution in [2.24, 2.45) is 0 Å². The molecule has 0 saturated heterocycles. The number of hydrogen-bond acceptors (Lipinski definition) is 4. The highest BCUT2D eigenvalue weighted by atomic mass is 35.5. The van der Waals surface area contributed by atoms with Crippen LogP contribution in [0.4, 0.5) is 5.82 Å². The smallest absolute Gasteiger partial charge is 0.335 e. The Morgan fingerprint density at radius 2 is 1.77 bits per heavy atom. The summed E-state index contributed by atoms with van der Waals surface area (Å²) in [5, 5.41) is 10.1. The van der Waals surface area contributed by atoms with Crippen molar-refractivity contribution in [2.75, 3.05) is 5.73 Å². The number of halogens is 2. The van der Waals surface area contributed by atoms with E-state index in [0.29, 0.717) is 32.6 Å². The molecule has 3 N–H and O–H groups in total. The molecule has 2 aromatic carbocycles. The molecule has 132 valence electrons. The van der Waals surface area contributed by atoms with Gasteiger partial charge < -0.3 is 15.6 Å². The number of aromatic carboxylic acids is 1. The van der Waals surface area contributed by atoms with Crippen molar-refractivity contribution in [3.05, 3.63) is 75.8 Å². The normalized spacial score (nSPS) is 10.5. The summed E-state index contributed by atoms with van der Waals surface area (Å²) >= 11 is 12.2.